The predicted molar refractivity (Wildman–Crippen MR) is 195 cm³/mol. The van der Waals surface area contributed by atoms with Crippen LogP contribution in [0.15, 0.2) is 73.3 Å². The molecule has 2 aromatic carbocycles. The number of carbonyl (C=O) groups is 2. The molecule has 0 amide bonds. The van der Waals surface area contributed by atoms with Crippen molar-refractivity contribution in [3.63, 3.8) is 0 Å². The molecule has 2 aliphatic rings. The second-order valence-corrected chi connectivity index (χ2v) is 13.4. The number of hydrogen-bond donors (Lipinski definition) is 2. The van der Waals surface area contributed by atoms with Crippen LogP contribution in [0.25, 0.3) is 22.3 Å². The maximum atomic E-state index is 15.8. The first-order valence-corrected chi connectivity index (χ1v) is 18.0. The molecule has 8 atom stereocenters. The molecule has 0 radical (unpaired) electrons. The molecule has 2 fully saturated rings. The van der Waals surface area contributed by atoms with Gasteiger partial charge in [0.25, 0.3) is 0 Å². The van der Waals surface area contributed by atoms with Crippen molar-refractivity contribution < 1.29 is 52.3 Å². The molecule has 22 heteroatoms. The number of carbonyl (C=O) groups excluding carboxylic acids is 2. The molecule has 17 nitrogen and oxygen atoms in total. The number of aliphatic hydroxyl groups is 2. The van der Waals surface area contributed by atoms with E-state index in [9.17, 15) is 19.1 Å². The topological polar surface area (TPSA) is 208 Å². The Morgan fingerprint density at radius 2 is 1.32 bits per heavy atom. The third-order valence-electron chi connectivity index (χ3n) is 8.84. The number of halogens is 5. The summed E-state index contributed by atoms with van der Waals surface area (Å²) in [5.74, 6) is -1.24. The first-order chi connectivity index (χ1) is 27.5. The number of imidazole rings is 2. The Balaban J connectivity index is 0.000000200. The maximum absolute atomic E-state index is 15.8. The summed E-state index contributed by atoms with van der Waals surface area (Å²) >= 11 is 17.8. The van der Waals surface area contributed by atoms with Gasteiger partial charge in [-0.15, -0.1) is 0 Å². The average molecular weight is 850 g/mol. The Labute approximate surface area is 335 Å². The van der Waals surface area contributed by atoms with Crippen LogP contribution in [0.2, 0.25) is 15.7 Å². The van der Waals surface area contributed by atoms with Gasteiger partial charge in [0, 0.05) is 0 Å². The number of methoxy groups -OCH3 is 1. The summed E-state index contributed by atoms with van der Waals surface area (Å²) in [5.41, 5.74) is 1.36. The molecule has 4 aromatic heterocycles. The van der Waals surface area contributed by atoms with Crippen molar-refractivity contribution in [2.24, 2.45) is 0 Å². The SMILES string of the molecule is COc1nc(Cl)nc2c1ncn2[C@@H]1O[C@H](CO)C(O)[C@H]1F.O=C(OC[C@H]1O[C@@H](n2cnc3c(Cl)nc(Cl)nc32)[C@H](F)C1OC(=O)c1ccccc1)c1ccccc1. The Kier molecular flexibility index (Phi) is 12.1. The molecular formula is C35H29Cl3F2N8O9. The quantitative estimate of drug-likeness (QED) is 0.116. The van der Waals surface area contributed by atoms with Crippen molar-refractivity contribution in [2.75, 3.05) is 20.3 Å². The van der Waals surface area contributed by atoms with E-state index in [2.05, 4.69) is 29.9 Å². The summed E-state index contributed by atoms with van der Waals surface area (Å²) in [5, 5.41) is 18.5. The van der Waals surface area contributed by atoms with E-state index < -0.39 is 67.8 Å². The lowest BCUT2D eigenvalue weighted by Gasteiger charge is -2.19. The van der Waals surface area contributed by atoms with E-state index in [0.717, 1.165) is 0 Å². The van der Waals surface area contributed by atoms with Gasteiger partial charge in [0.15, 0.2) is 52.9 Å². The number of esters is 2. The van der Waals surface area contributed by atoms with E-state index in [0.29, 0.717) is 11.1 Å². The van der Waals surface area contributed by atoms with Crippen LogP contribution in [0.4, 0.5) is 8.78 Å². The minimum atomic E-state index is -1.87. The Hall–Kier alpha value is -5.15. The lowest BCUT2D eigenvalue weighted by Crippen LogP contribution is -2.37. The van der Waals surface area contributed by atoms with Gasteiger partial charge in [-0.25, -0.2) is 33.3 Å². The first-order valence-electron chi connectivity index (χ1n) is 16.8. The molecule has 298 valence electrons. The van der Waals surface area contributed by atoms with Crippen molar-refractivity contribution in [1.29, 1.82) is 0 Å². The highest BCUT2D eigenvalue weighted by atomic mass is 35.5. The number of ether oxygens (including phenoxy) is 5. The zero-order valence-electron chi connectivity index (χ0n) is 29.2. The van der Waals surface area contributed by atoms with Crippen LogP contribution in [0.5, 0.6) is 5.88 Å². The molecule has 6 heterocycles. The van der Waals surface area contributed by atoms with Crippen LogP contribution in [0, 0.1) is 0 Å². The molecule has 2 aliphatic heterocycles. The third kappa shape index (κ3) is 8.17. The summed E-state index contributed by atoms with van der Waals surface area (Å²) < 4.78 is 59.6. The molecule has 0 spiro atoms. The van der Waals surface area contributed by atoms with E-state index >= 15 is 4.39 Å². The van der Waals surface area contributed by atoms with Crippen LogP contribution in [0.1, 0.15) is 33.2 Å². The van der Waals surface area contributed by atoms with Crippen molar-refractivity contribution in [2.45, 2.75) is 49.2 Å². The molecular weight excluding hydrogens is 821 g/mol. The van der Waals surface area contributed by atoms with Gasteiger partial charge in [0.2, 0.25) is 16.4 Å². The largest absolute Gasteiger partial charge is 0.479 e. The van der Waals surface area contributed by atoms with Gasteiger partial charge in [-0.3, -0.25) is 9.13 Å². The number of rotatable bonds is 9. The summed E-state index contributed by atoms with van der Waals surface area (Å²) in [6.45, 7) is -0.871. The van der Waals surface area contributed by atoms with Crippen molar-refractivity contribution in [3.05, 3.63) is 100 Å². The molecule has 2 N–H and O–H groups in total. The second kappa shape index (κ2) is 17.1. The zero-order valence-corrected chi connectivity index (χ0v) is 31.4. The normalized spacial score (nSPS) is 24.3. The smallest absolute Gasteiger partial charge is 0.338 e. The fraction of sp³-hybridized carbons (Fsp3) is 0.314. The first kappa shape index (κ1) is 40.1. The monoisotopic (exact) mass is 848 g/mol. The van der Waals surface area contributed by atoms with E-state index in [1.165, 1.54) is 41.0 Å². The maximum Gasteiger partial charge on any atom is 0.338 e. The predicted octanol–water partition coefficient (Wildman–Crippen LogP) is 4.53. The van der Waals surface area contributed by atoms with E-state index in [4.69, 9.17) is 63.6 Å². The van der Waals surface area contributed by atoms with Gasteiger partial charge in [0.1, 0.15) is 30.4 Å². The van der Waals surface area contributed by atoms with Gasteiger partial charge in [0.05, 0.1) is 37.5 Å². The molecule has 2 unspecified atom stereocenters. The number of alkyl halides is 2. The summed E-state index contributed by atoms with van der Waals surface area (Å²) in [4.78, 5) is 49.1. The lowest BCUT2D eigenvalue weighted by molar-refractivity contribution is -0.0570. The standard InChI is InChI=1S/C24H17Cl2FN4O5.C11H12ClFN4O4/c25-19-17-20(30-24(26)29-19)31(12-28-17)21-16(27)18(36-23(33)14-9-5-2-6-10-14)15(35-21)11-34-22(32)13-7-3-1-4-8-13;1-20-9-6-8(15-11(12)16-9)17(3-14-6)10-5(13)7(19)4(2-18)21-10/h1-10,12,15-16,18,21H,11H2;3-5,7,10,18-19H,2H2,1H3/t15-,16-,18?,21-;4-,5-,7?,10-/m11/s1. The van der Waals surface area contributed by atoms with Crippen LogP contribution in [-0.4, -0.2) is 118 Å². The van der Waals surface area contributed by atoms with Crippen LogP contribution in [-0.2, 0) is 18.9 Å². The number of aromatic nitrogens is 8. The van der Waals surface area contributed by atoms with E-state index in [1.807, 2.05) is 0 Å². The zero-order chi connectivity index (χ0) is 40.4. The van der Waals surface area contributed by atoms with Gasteiger partial charge in [-0.1, -0.05) is 48.0 Å². The minimum Gasteiger partial charge on any atom is -0.479 e. The third-order valence-corrected chi connectivity index (χ3v) is 9.44. The van der Waals surface area contributed by atoms with Gasteiger partial charge >= 0.3 is 11.9 Å². The molecule has 8 rings (SSSR count). The molecule has 0 saturated carbocycles. The number of aliphatic hydroxyl groups excluding tert-OH is 2. The Morgan fingerprint density at radius 1 is 0.772 bits per heavy atom. The van der Waals surface area contributed by atoms with Crippen LogP contribution >= 0.6 is 34.8 Å². The summed E-state index contributed by atoms with van der Waals surface area (Å²) in [6.07, 6.45) is -8.52. The van der Waals surface area contributed by atoms with Gasteiger partial charge in [-0.2, -0.15) is 15.0 Å². The van der Waals surface area contributed by atoms with Gasteiger partial charge < -0.3 is 33.9 Å². The number of nitrogens with zero attached hydrogens (tertiary/aromatic N) is 8. The van der Waals surface area contributed by atoms with E-state index in [1.54, 1.807) is 48.5 Å². The van der Waals surface area contributed by atoms with Crippen molar-refractivity contribution in [3.8, 4) is 5.88 Å². The van der Waals surface area contributed by atoms with Crippen molar-refractivity contribution >= 4 is 69.1 Å². The molecule has 0 bridgehead atoms. The van der Waals surface area contributed by atoms with Crippen molar-refractivity contribution in [1.82, 2.24) is 39.0 Å². The average Bonchev–Trinajstić information content (AvgIpc) is 3.98. The number of hydrogen-bond acceptors (Lipinski definition) is 15. The molecule has 2 saturated heterocycles. The Bertz CT molecular complexity index is 2380. The molecule has 57 heavy (non-hydrogen) atoms. The Morgan fingerprint density at radius 3 is 1.91 bits per heavy atom. The molecule has 6 aromatic rings. The highest BCUT2D eigenvalue weighted by molar-refractivity contribution is 6.35. The minimum absolute atomic E-state index is 0.0162. The van der Waals surface area contributed by atoms with Crippen LogP contribution in [0.3, 0.4) is 0 Å². The van der Waals surface area contributed by atoms with Gasteiger partial charge in [-0.05, 0) is 47.5 Å². The fourth-order valence-corrected chi connectivity index (χ4v) is 6.67. The summed E-state index contributed by atoms with van der Waals surface area (Å²) in [6, 6.07) is 16.4. The highest BCUT2D eigenvalue weighted by Gasteiger charge is 2.50. The second-order valence-electron chi connectivity index (χ2n) is 12.3. The number of benzene rings is 2. The number of fused-ring (bicyclic) bond motifs is 2. The molecule has 0 aliphatic carbocycles. The fourth-order valence-electron chi connectivity index (χ4n) is 6.09. The van der Waals surface area contributed by atoms with Crippen LogP contribution < -0.4 is 4.74 Å². The summed E-state index contributed by atoms with van der Waals surface area (Å²) in [7, 11) is 1.40. The lowest BCUT2D eigenvalue weighted by atomic mass is 10.1. The van der Waals surface area contributed by atoms with E-state index in [-0.39, 0.29) is 50.6 Å². The highest BCUT2D eigenvalue weighted by Crippen LogP contribution is 2.38.